The van der Waals surface area contributed by atoms with Gasteiger partial charge in [0.15, 0.2) is 11.9 Å². The van der Waals surface area contributed by atoms with Gasteiger partial charge in [0, 0.05) is 6.54 Å². The Morgan fingerprint density at radius 2 is 2.44 bits per heavy atom. The molecule has 3 N–H and O–H groups in total. The summed E-state index contributed by atoms with van der Waals surface area (Å²) >= 11 is 0. The molecule has 1 aromatic rings. The number of hydrogen-bond acceptors (Lipinski definition) is 4. The number of hydrazine groups is 1. The SMILES string of the molecule is CCCn1cc(OC(CC)C(=O)NN)cn1. The molecule has 1 amide bonds. The van der Waals surface area contributed by atoms with E-state index in [2.05, 4.69) is 17.4 Å². The number of carbonyl (C=O) groups excluding carboxylic acids is 1. The van der Waals surface area contributed by atoms with Crippen LogP contribution in [0, 0.1) is 0 Å². The minimum atomic E-state index is -0.565. The third kappa shape index (κ3) is 3.23. The average molecular weight is 226 g/mol. The molecule has 0 aliphatic carbocycles. The lowest BCUT2D eigenvalue weighted by Crippen LogP contribution is -2.41. The number of hydrogen-bond donors (Lipinski definition) is 2. The van der Waals surface area contributed by atoms with Gasteiger partial charge in [-0.05, 0) is 12.8 Å². The Morgan fingerprint density at radius 1 is 1.69 bits per heavy atom. The van der Waals surface area contributed by atoms with Gasteiger partial charge in [0.05, 0.1) is 12.4 Å². The van der Waals surface area contributed by atoms with Crippen LogP contribution in [-0.4, -0.2) is 21.8 Å². The fourth-order valence-electron chi connectivity index (χ4n) is 1.34. The van der Waals surface area contributed by atoms with Crippen LogP contribution >= 0.6 is 0 Å². The van der Waals surface area contributed by atoms with Crippen LogP contribution in [0.1, 0.15) is 26.7 Å². The monoisotopic (exact) mass is 226 g/mol. The van der Waals surface area contributed by atoms with Crippen molar-refractivity contribution >= 4 is 5.91 Å². The number of rotatable bonds is 6. The second-order valence-electron chi connectivity index (χ2n) is 3.46. The van der Waals surface area contributed by atoms with Crippen LogP contribution in [0.5, 0.6) is 5.75 Å². The summed E-state index contributed by atoms with van der Waals surface area (Å²) in [6, 6.07) is 0. The van der Waals surface area contributed by atoms with E-state index < -0.39 is 6.10 Å². The fourth-order valence-corrected chi connectivity index (χ4v) is 1.34. The molecule has 0 aliphatic rings. The van der Waals surface area contributed by atoms with Crippen LogP contribution in [0.25, 0.3) is 0 Å². The molecule has 1 heterocycles. The third-order valence-corrected chi connectivity index (χ3v) is 2.15. The molecule has 1 atom stereocenters. The average Bonchev–Trinajstić information content (AvgIpc) is 2.73. The molecule has 90 valence electrons. The Morgan fingerprint density at radius 3 is 3.00 bits per heavy atom. The van der Waals surface area contributed by atoms with Gasteiger partial charge in [-0.15, -0.1) is 0 Å². The standard InChI is InChI=1S/C10H18N4O2/c1-3-5-14-7-8(6-12-14)16-9(4-2)10(15)13-11/h6-7,9H,3-5,11H2,1-2H3,(H,13,15). The quantitative estimate of drug-likeness (QED) is 0.419. The van der Waals surface area contributed by atoms with E-state index in [1.165, 1.54) is 0 Å². The van der Waals surface area contributed by atoms with Crippen molar-refractivity contribution in [1.29, 1.82) is 0 Å². The van der Waals surface area contributed by atoms with E-state index in [9.17, 15) is 4.79 Å². The van der Waals surface area contributed by atoms with Gasteiger partial charge in [-0.25, -0.2) is 5.84 Å². The predicted octanol–water partition coefficient (Wildman–Crippen LogP) is 0.440. The zero-order chi connectivity index (χ0) is 12.0. The topological polar surface area (TPSA) is 82.2 Å². The van der Waals surface area contributed by atoms with Crippen LogP contribution in [0.3, 0.4) is 0 Å². The number of nitrogens with zero attached hydrogens (tertiary/aromatic N) is 2. The van der Waals surface area contributed by atoms with Gasteiger partial charge in [-0.2, -0.15) is 5.10 Å². The molecule has 1 aromatic heterocycles. The highest BCUT2D eigenvalue weighted by atomic mass is 16.5. The highest BCUT2D eigenvalue weighted by Crippen LogP contribution is 2.12. The van der Waals surface area contributed by atoms with E-state index in [1.807, 2.05) is 6.92 Å². The molecule has 0 spiro atoms. The van der Waals surface area contributed by atoms with Crippen molar-refractivity contribution in [2.45, 2.75) is 39.3 Å². The molecule has 0 saturated heterocycles. The summed E-state index contributed by atoms with van der Waals surface area (Å²) in [5.74, 6) is 5.31. The summed E-state index contributed by atoms with van der Waals surface area (Å²) in [5, 5.41) is 4.11. The van der Waals surface area contributed by atoms with Crippen molar-refractivity contribution in [1.82, 2.24) is 15.2 Å². The maximum absolute atomic E-state index is 11.3. The first-order valence-electron chi connectivity index (χ1n) is 5.40. The number of aromatic nitrogens is 2. The highest BCUT2D eigenvalue weighted by Gasteiger charge is 2.17. The van der Waals surface area contributed by atoms with Crippen LogP contribution in [0.15, 0.2) is 12.4 Å². The lowest BCUT2D eigenvalue weighted by molar-refractivity contribution is -0.128. The third-order valence-electron chi connectivity index (χ3n) is 2.15. The summed E-state index contributed by atoms with van der Waals surface area (Å²) in [4.78, 5) is 11.3. The molecule has 16 heavy (non-hydrogen) atoms. The van der Waals surface area contributed by atoms with E-state index in [0.717, 1.165) is 13.0 Å². The maximum Gasteiger partial charge on any atom is 0.274 e. The summed E-state index contributed by atoms with van der Waals surface area (Å²) in [7, 11) is 0. The summed E-state index contributed by atoms with van der Waals surface area (Å²) < 4.78 is 7.25. The van der Waals surface area contributed by atoms with E-state index in [-0.39, 0.29) is 5.91 Å². The number of nitrogens with two attached hydrogens (primary N) is 1. The van der Waals surface area contributed by atoms with E-state index in [4.69, 9.17) is 10.6 Å². The molecular formula is C10H18N4O2. The Balaban J connectivity index is 2.59. The van der Waals surface area contributed by atoms with Crippen molar-refractivity contribution in [3.8, 4) is 5.75 Å². The molecule has 0 fully saturated rings. The molecule has 1 unspecified atom stereocenters. The first-order chi connectivity index (χ1) is 7.71. The zero-order valence-electron chi connectivity index (χ0n) is 9.64. The second-order valence-corrected chi connectivity index (χ2v) is 3.46. The van der Waals surface area contributed by atoms with Crippen molar-refractivity contribution in [2.75, 3.05) is 0 Å². The Bertz CT molecular complexity index is 337. The number of aryl methyl sites for hydroxylation is 1. The van der Waals surface area contributed by atoms with Gasteiger partial charge in [0.1, 0.15) is 0 Å². The van der Waals surface area contributed by atoms with Crippen molar-refractivity contribution < 1.29 is 9.53 Å². The molecular weight excluding hydrogens is 208 g/mol. The predicted molar refractivity (Wildman–Crippen MR) is 59.6 cm³/mol. The Hall–Kier alpha value is -1.56. The zero-order valence-corrected chi connectivity index (χ0v) is 9.64. The number of ether oxygens (including phenoxy) is 1. The molecule has 6 nitrogen and oxygen atoms in total. The lowest BCUT2D eigenvalue weighted by atomic mass is 10.2. The van der Waals surface area contributed by atoms with Gasteiger partial charge in [0.25, 0.3) is 5.91 Å². The highest BCUT2D eigenvalue weighted by molar-refractivity contribution is 5.80. The van der Waals surface area contributed by atoms with Gasteiger partial charge in [0.2, 0.25) is 0 Å². The molecule has 6 heteroatoms. The van der Waals surface area contributed by atoms with Gasteiger partial charge in [-0.1, -0.05) is 13.8 Å². The molecule has 0 saturated carbocycles. The molecule has 0 radical (unpaired) electrons. The van der Waals surface area contributed by atoms with Crippen LogP contribution in [0.2, 0.25) is 0 Å². The van der Waals surface area contributed by atoms with Gasteiger partial charge < -0.3 is 4.74 Å². The second kappa shape index (κ2) is 6.12. The van der Waals surface area contributed by atoms with Crippen LogP contribution < -0.4 is 16.0 Å². The minimum absolute atomic E-state index is 0.328. The van der Waals surface area contributed by atoms with Gasteiger partial charge in [-0.3, -0.25) is 14.9 Å². The summed E-state index contributed by atoms with van der Waals surface area (Å²) in [5.41, 5.74) is 2.08. The Labute approximate surface area is 94.7 Å². The summed E-state index contributed by atoms with van der Waals surface area (Å²) in [6.45, 7) is 4.76. The van der Waals surface area contributed by atoms with Crippen molar-refractivity contribution in [2.24, 2.45) is 5.84 Å². The minimum Gasteiger partial charge on any atom is -0.477 e. The summed E-state index contributed by atoms with van der Waals surface area (Å²) in [6.07, 6.45) is 4.37. The van der Waals surface area contributed by atoms with Crippen LogP contribution in [-0.2, 0) is 11.3 Å². The first-order valence-corrected chi connectivity index (χ1v) is 5.40. The normalized spacial score (nSPS) is 12.2. The van der Waals surface area contributed by atoms with Gasteiger partial charge >= 0.3 is 0 Å². The van der Waals surface area contributed by atoms with Crippen molar-refractivity contribution in [3.63, 3.8) is 0 Å². The largest absolute Gasteiger partial charge is 0.477 e. The molecule has 1 rings (SSSR count). The smallest absolute Gasteiger partial charge is 0.274 e. The lowest BCUT2D eigenvalue weighted by Gasteiger charge is -2.13. The number of nitrogens with one attached hydrogen (secondary N) is 1. The number of carbonyl (C=O) groups is 1. The van der Waals surface area contributed by atoms with E-state index in [1.54, 1.807) is 17.1 Å². The fraction of sp³-hybridized carbons (Fsp3) is 0.600. The van der Waals surface area contributed by atoms with Crippen molar-refractivity contribution in [3.05, 3.63) is 12.4 Å². The molecule has 0 aromatic carbocycles. The van der Waals surface area contributed by atoms with E-state index >= 15 is 0 Å². The molecule has 0 aliphatic heterocycles. The van der Waals surface area contributed by atoms with E-state index in [0.29, 0.717) is 12.2 Å². The number of amides is 1. The first kappa shape index (κ1) is 12.5. The Kier molecular flexibility index (Phi) is 4.78. The molecule has 0 bridgehead atoms. The van der Waals surface area contributed by atoms with Crippen LogP contribution in [0.4, 0.5) is 0 Å². The maximum atomic E-state index is 11.3.